The van der Waals surface area contributed by atoms with Crippen LogP contribution in [0.3, 0.4) is 0 Å². The van der Waals surface area contributed by atoms with E-state index in [2.05, 4.69) is 0 Å². The molecular weight excluding hydrogens is 219 g/mol. The molecule has 3 heteroatoms. The second kappa shape index (κ2) is 4.86. The molecule has 2 rings (SSSR count). The van der Waals surface area contributed by atoms with Gasteiger partial charge in [-0.25, -0.2) is 4.39 Å². The van der Waals surface area contributed by atoms with Crippen molar-refractivity contribution in [1.82, 2.24) is 0 Å². The lowest BCUT2D eigenvalue weighted by molar-refractivity contribution is 0.101. The van der Waals surface area contributed by atoms with E-state index in [1.165, 1.54) is 25.8 Å². The van der Waals surface area contributed by atoms with Crippen molar-refractivity contribution in [3.05, 3.63) is 29.1 Å². The van der Waals surface area contributed by atoms with Crippen LogP contribution in [0.15, 0.2) is 12.1 Å². The van der Waals surface area contributed by atoms with Crippen molar-refractivity contribution in [2.24, 2.45) is 0 Å². The highest BCUT2D eigenvalue weighted by Crippen LogP contribution is 2.29. The van der Waals surface area contributed by atoms with E-state index < -0.39 is 0 Å². The maximum Gasteiger partial charge on any atom is 0.163 e. The van der Waals surface area contributed by atoms with Gasteiger partial charge in [-0.05, 0) is 57.2 Å². The number of carbonyl (C=O) groups excluding carboxylic acids is 1. The summed E-state index contributed by atoms with van der Waals surface area (Å²) in [7, 11) is 0. The zero-order valence-corrected chi connectivity index (χ0v) is 10.3. The lowest BCUT2D eigenvalue weighted by atomic mass is 10.1. The Kier molecular flexibility index (Phi) is 3.46. The molecule has 0 saturated heterocycles. The molecule has 1 aromatic rings. The van der Waals surface area contributed by atoms with Crippen LogP contribution in [0, 0.1) is 12.7 Å². The van der Waals surface area contributed by atoms with Gasteiger partial charge in [-0.1, -0.05) is 0 Å². The summed E-state index contributed by atoms with van der Waals surface area (Å²) in [5.74, 6) is 0.0224. The van der Waals surface area contributed by atoms with Gasteiger partial charge in [0.15, 0.2) is 5.78 Å². The largest absolute Gasteiger partial charge is 0.490 e. The highest BCUT2D eigenvalue weighted by Gasteiger charge is 2.20. The molecule has 0 heterocycles. The molecule has 92 valence electrons. The van der Waals surface area contributed by atoms with E-state index in [0.717, 1.165) is 12.8 Å². The lowest BCUT2D eigenvalue weighted by Crippen LogP contribution is -2.13. The van der Waals surface area contributed by atoms with E-state index in [9.17, 15) is 9.18 Å². The Morgan fingerprint density at radius 1 is 1.35 bits per heavy atom. The van der Waals surface area contributed by atoms with Gasteiger partial charge < -0.3 is 4.74 Å². The fraction of sp³-hybridized carbons (Fsp3) is 0.500. The number of hydrogen-bond acceptors (Lipinski definition) is 2. The smallest absolute Gasteiger partial charge is 0.163 e. The number of halogens is 1. The molecule has 1 fully saturated rings. The predicted molar refractivity (Wildman–Crippen MR) is 64.0 cm³/mol. The Morgan fingerprint density at radius 3 is 2.59 bits per heavy atom. The molecule has 0 spiro atoms. The number of aryl methyl sites for hydroxylation is 1. The van der Waals surface area contributed by atoms with E-state index >= 15 is 0 Å². The summed E-state index contributed by atoms with van der Waals surface area (Å²) in [6.07, 6.45) is 4.56. The van der Waals surface area contributed by atoms with E-state index in [-0.39, 0.29) is 17.7 Å². The zero-order valence-electron chi connectivity index (χ0n) is 10.3. The number of rotatable bonds is 3. The third kappa shape index (κ3) is 2.65. The van der Waals surface area contributed by atoms with Crippen molar-refractivity contribution in [1.29, 1.82) is 0 Å². The van der Waals surface area contributed by atoms with Crippen molar-refractivity contribution in [3.8, 4) is 5.75 Å². The van der Waals surface area contributed by atoms with Crippen LogP contribution in [-0.4, -0.2) is 11.9 Å². The summed E-state index contributed by atoms with van der Waals surface area (Å²) in [4.78, 5) is 11.5. The molecule has 1 aliphatic rings. The van der Waals surface area contributed by atoms with Gasteiger partial charge in [0.2, 0.25) is 0 Å². The molecule has 1 aliphatic carbocycles. The van der Waals surface area contributed by atoms with E-state index in [1.54, 1.807) is 13.0 Å². The Morgan fingerprint density at radius 2 is 2.00 bits per heavy atom. The fourth-order valence-corrected chi connectivity index (χ4v) is 2.21. The van der Waals surface area contributed by atoms with Crippen molar-refractivity contribution >= 4 is 5.78 Å². The standard InChI is InChI=1S/C14H17FO2/c1-9-7-14(17-11-5-3-4-6-11)12(10(2)16)8-13(9)15/h7-8,11H,3-6H2,1-2H3. The molecule has 1 saturated carbocycles. The predicted octanol–water partition coefficient (Wildman–Crippen LogP) is 3.66. The molecule has 0 amide bonds. The number of ketones is 1. The lowest BCUT2D eigenvalue weighted by Gasteiger charge is -2.16. The maximum atomic E-state index is 13.4. The van der Waals surface area contributed by atoms with Crippen LogP contribution in [0.1, 0.15) is 48.5 Å². The van der Waals surface area contributed by atoms with Crippen molar-refractivity contribution < 1.29 is 13.9 Å². The summed E-state index contributed by atoms with van der Waals surface area (Å²) in [5, 5.41) is 0. The molecule has 2 nitrogen and oxygen atoms in total. The number of Topliss-reactive ketones (excluding diaryl/α,β-unsaturated/α-hetero) is 1. The third-order valence-corrected chi connectivity index (χ3v) is 3.24. The van der Waals surface area contributed by atoms with Crippen LogP contribution in [0.4, 0.5) is 4.39 Å². The summed E-state index contributed by atoms with van der Waals surface area (Å²) in [6, 6.07) is 2.91. The first-order valence-corrected chi connectivity index (χ1v) is 6.05. The Labute approximate surface area is 101 Å². The highest BCUT2D eigenvalue weighted by molar-refractivity contribution is 5.96. The molecule has 0 atom stereocenters. The first-order chi connectivity index (χ1) is 8.08. The molecule has 0 bridgehead atoms. The van der Waals surface area contributed by atoms with E-state index in [1.807, 2.05) is 0 Å². The van der Waals surface area contributed by atoms with Gasteiger partial charge in [-0.3, -0.25) is 4.79 Å². The minimum absolute atomic E-state index is 0.156. The van der Waals surface area contributed by atoms with Crippen LogP contribution in [0.25, 0.3) is 0 Å². The minimum Gasteiger partial charge on any atom is -0.490 e. The zero-order chi connectivity index (χ0) is 12.4. The number of ether oxygens (including phenoxy) is 1. The van der Waals surface area contributed by atoms with Gasteiger partial charge in [-0.2, -0.15) is 0 Å². The Bertz CT molecular complexity index is 434. The Hall–Kier alpha value is -1.38. The molecule has 0 radical (unpaired) electrons. The fourth-order valence-electron chi connectivity index (χ4n) is 2.21. The minimum atomic E-state index is -0.353. The van der Waals surface area contributed by atoms with Crippen LogP contribution < -0.4 is 4.74 Å². The van der Waals surface area contributed by atoms with Gasteiger partial charge in [-0.15, -0.1) is 0 Å². The molecule has 1 aromatic carbocycles. The first kappa shape index (κ1) is 12.1. The van der Waals surface area contributed by atoms with Gasteiger partial charge in [0.05, 0.1) is 11.7 Å². The van der Waals surface area contributed by atoms with Crippen LogP contribution in [0.5, 0.6) is 5.75 Å². The van der Waals surface area contributed by atoms with Crippen LogP contribution in [-0.2, 0) is 0 Å². The topological polar surface area (TPSA) is 26.3 Å². The van der Waals surface area contributed by atoms with Gasteiger partial charge in [0.1, 0.15) is 11.6 Å². The summed E-state index contributed by atoms with van der Waals surface area (Å²) >= 11 is 0. The summed E-state index contributed by atoms with van der Waals surface area (Å²) < 4.78 is 19.2. The monoisotopic (exact) mass is 236 g/mol. The molecular formula is C14H17FO2. The highest BCUT2D eigenvalue weighted by atomic mass is 19.1. The second-order valence-electron chi connectivity index (χ2n) is 4.68. The van der Waals surface area contributed by atoms with Crippen LogP contribution in [0.2, 0.25) is 0 Å². The molecule has 17 heavy (non-hydrogen) atoms. The average Bonchev–Trinajstić information content (AvgIpc) is 2.75. The molecule has 0 N–H and O–H groups in total. The summed E-state index contributed by atoms with van der Waals surface area (Å²) in [6.45, 7) is 3.12. The summed E-state index contributed by atoms with van der Waals surface area (Å²) in [5.41, 5.74) is 0.864. The second-order valence-corrected chi connectivity index (χ2v) is 4.68. The van der Waals surface area contributed by atoms with Gasteiger partial charge in [0.25, 0.3) is 0 Å². The molecule has 0 unspecified atom stereocenters. The van der Waals surface area contributed by atoms with E-state index in [4.69, 9.17) is 4.74 Å². The van der Waals surface area contributed by atoms with E-state index in [0.29, 0.717) is 16.9 Å². The van der Waals surface area contributed by atoms with Gasteiger partial charge in [0, 0.05) is 0 Å². The van der Waals surface area contributed by atoms with Crippen molar-refractivity contribution in [2.45, 2.75) is 45.6 Å². The number of benzene rings is 1. The van der Waals surface area contributed by atoms with Crippen molar-refractivity contribution in [3.63, 3.8) is 0 Å². The Balaban J connectivity index is 2.29. The molecule has 0 aliphatic heterocycles. The third-order valence-electron chi connectivity index (χ3n) is 3.24. The SMILES string of the molecule is CC(=O)c1cc(F)c(C)cc1OC1CCCC1. The number of carbonyl (C=O) groups is 1. The maximum absolute atomic E-state index is 13.4. The van der Waals surface area contributed by atoms with Gasteiger partial charge >= 0.3 is 0 Å². The number of hydrogen-bond donors (Lipinski definition) is 0. The molecule has 0 aromatic heterocycles. The first-order valence-electron chi connectivity index (χ1n) is 6.05. The van der Waals surface area contributed by atoms with Crippen molar-refractivity contribution in [2.75, 3.05) is 0 Å². The average molecular weight is 236 g/mol. The quantitative estimate of drug-likeness (QED) is 0.749. The normalized spacial score (nSPS) is 16.2. The van der Waals surface area contributed by atoms with Crippen LogP contribution >= 0.6 is 0 Å².